The van der Waals surface area contributed by atoms with E-state index in [1.54, 1.807) is 0 Å². The molecule has 0 saturated carbocycles. The molecule has 0 bridgehead atoms. The summed E-state index contributed by atoms with van der Waals surface area (Å²) in [6, 6.07) is 109. The number of rotatable bonds is 4. The minimum absolute atomic E-state index is 0.0957. The van der Waals surface area contributed by atoms with E-state index < -0.39 is 10.8 Å². The fraction of sp³-hybridized carbons (Fsp3) is 0.167. The molecule has 0 fully saturated rings. The van der Waals surface area contributed by atoms with Crippen molar-refractivity contribution in [3.05, 3.63) is 346 Å². The summed E-state index contributed by atoms with van der Waals surface area (Å²) in [7, 11) is 0. The van der Waals surface area contributed by atoms with Gasteiger partial charge >= 0.3 is 0 Å². The molecular formula is C108H82N2S3. The van der Waals surface area contributed by atoms with Gasteiger partial charge in [0.05, 0.1) is 31.6 Å². The van der Waals surface area contributed by atoms with E-state index in [-0.39, 0.29) is 21.7 Å². The van der Waals surface area contributed by atoms with Gasteiger partial charge < -0.3 is 0 Å². The van der Waals surface area contributed by atoms with Gasteiger partial charge in [-0.3, -0.25) is 0 Å². The maximum Gasteiger partial charge on any atom is 0.109 e. The van der Waals surface area contributed by atoms with E-state index in [4.69, 9.17) is 9.97 Å². The van der Waals surface area contributed by atoms with Crippen molar-refractivity contribution >= 4 is 118 Å². The molecule has 542 valence electrons. The summed E-state index contributed by atoms with van der Waals surface area (Å²) in [5, 5.41) is 9.61. The van der Waals surface area contributed by atoms with E-state index in [9.17, 15) is 0 Å². The lowest BCUT2D eigenvalue weighted by molar-refractivity contribution is 0.586. The third kappa shape index (κ3) is 9.16. The van der Waals surface area contributed by atoms with E-state index in [0.29, 0.717) is 0 Å². The van der Waals surface area contributed by atoms with E-state index in [1.807, 2.05) is 34.0 Å². The molecule has 19 aromatic rings. The molecule has 0 amide bonds. The molecule has 0 N–H and O–H groups in total. The predicted octanol–water partition coefficient (Wildman–Crippen LogP) is 30.4. The van der Waals surface area contributed by atoms with Crippen molar-refractivity contribution in [2.24, 2.45) is 0 Å². The number of fused-ring (bicyclic) bond motifs is 33. The van der Waals surface area contributed by atoms with Gasteiger partial charge in [0.2, 0.25) is 0 Å². The average molecular weight is 1500 g/mol. The molecule has 0 aliphatic heterocycles. The number of nitrogens with zero attached hydrogens (tertiary/aromatic N) is 2. The smallest absolute Gasteiger partial charge is 0.109 e. The third-order valence-electron chi connectivity index (χ3n) is 26.2. The highest BCUT2D eigenvalue weighted by atomic mass is 32.1. The summed E-state index contributed by atoms with van der Waals surface area (Å²) in [5.41, 5.74) is 35.3. The van der Waals surface area contributed by atoms with Crippen LogP contribution in [0.2, 0.25) is 0 Å². The fourth-order valence-corrected chi connectivity index (χ4v) is 24.2. The lowest BCUT2D eigenvalue weighted by Crippen LogP contribution is -2.27. The van der Waals surface area contributed by atoms with Gasteiger partial charge in [0.15, 0.2) is 0 Å². The van der Waals surface area contributed by atoms with Crippen LogP contribution in [0.1, 0.15) is 150 Å². The topological polar surface area (TPSA) is 25.8 Å². The van der Waals surface area contributed by atoms with Crippen molar-refractivity contribution in [3.8, 4) is 87.6 Å². The van der Waals surface area contributed by atoms with Crippen molar-refractivity contribution < 1.29 is 0 Å². The van der Waals surface area contributed by atoms with Crippen LogP contribution in [0.3, 0.4) is 0 Å². The highest BCUT2D eigenvalue weighted by molar-refractivity contribution is 7.26. The van der Waals surface area contributed by atoms with Crippen molar-refractivity contribution in [1.29, 1.82) is 0 Å². The van der Waals surface area contributed by atoms with Crippen molar-refractivity contribution in [1.82, 2.24) is 9.97 Å². The Kier molecular flexibility index (Phi) is 13.8. The Labute approximate surface area is 671 Å². The second-order valence-corrected chi connectivity index (χ2v) is 39.7. The number of thiophene rings is 3. The molecule has 5 heteroatoms. The Balaban J connectivity index is 0.868. The Morgan fingerprint density at radius 2 is 0.540 bits per heavy atom. The summed E-state index contributed by atoms with van der Waals surface area (Å²) in [5.74, 6) is 0. The highest BCUT2D eigenvalue weighted by Crippen LogP contribution is 2.68. The number of benzene rings is 15. The lowest BCUT2D eigenvalue weighted by atomic mass is 9.68. The minimum Gasteiger partial charge on any atom is -0.242 e. The van der Waals surface area contributed by atoms with Crippen LogP contribution in [0.15, 0.2) is 279 Å². The van der Waals surface area contributed by atoms with Crippen LogP contribution in [0.5, 0.6) is 0 Å². The summed E-state index contributed by atoms with van der Waals surface area (Å²) < 4.78 is 5.15. The van der Waals surface area contributed by atoms with Gasteiger partial charge in [-0.05, 0) is 202 Å². The normalized spacial score (nSPS) is 14.3. The number of hydrogen-bond acceptors (Lipinski definition) is 5. The Morgan fingerprint density at radius 1 is 0.221 bits per heavy atom. The molecule has 0 saturated heterocycles. The summed E-state index contributed by atoms with van der Waals surface area (Å²) in [4.78, 5) is 15.2. The van der Waals surface area contributed by atoms with E-state index in [1.165, 1.54) is 174 Å². The summed E-state index contributed by atoms with van der Waals surface area (Å²) in [6.07, 6.45) is 0. The van der Waals surface area contributed by atoms with Gasteiger partial charge in [0.25, 0.3) is 0 Å². The van der Waals surface area contributed by atoms with Crippen molar-refractivity contribution in [2.75, 3.05) is 0 Å². The Hall–Kier alpha value is -11.4. The monoisotopic (exact) mass is 1500 g/mol. The molecule has 0 unspecified atom stereocenters. The van der Waals surface area contributed by atoms with Crippen LogP contribution in [0.4, 0.5) is 0 Å². The average Bonchev–Trinajstić information content (AvgIpc) is 1.51. The second kappa shape index (κ2) is 23.1. The van der Waals surface area contributed by atoms with Crippen molar-refractivity contribution in [2.45, 2.75) is 116 Å². The molecule has 23 rings (SSSR count). The molecular weight excluding hydrogens is 1420 g/mol. The van der Waals surface area contributed by atoms with Gasteiger partial charge in [-0.2, -0.15) is 0 Å². The maximum absolute atomic E-state index is 6.51. The number of hydrogen-bond donors (Lipinski definition) is 0. The molecule has 4 aromatic heterocycles. The zero-order valence-corrected chi connectivity index (χ0v) is 68.1. The van der Waals surface area contributed by atoms with Gasteiger partial charge in [0, 0.05) is 62.2 Å². The summed E-state index contributed by atoms with van der Waals surface area (Å²) >= 11 is 5.64. The second-order valence-electron chi connectivity index (χ2n) is 36.5. The van der Waals surface area contributed by atoms with E-state index >= 15 is 0 Å². The van der Waals surface area contributed by atoms with Crippen LogP contribution in [-0.2, 0) is 32.5 Å². The molecule has 4 heterocycles. The Bertz CT molecular complexity index is 6910. The quantitative estimate of drug-likeness (QED) is 0.164. The van der Waals surface area contributed by atoms with Gasteiger partial charge in [-0.25, -0.2) is 9.97 Å². The molecule has 15 aromatic carbocycles. The highest BCUT2D eigenvalue weighted by Gasteiger charge is 2.55. The molecule has 2 spiro atoms. The first-order valence-corrected chi connectivity index (χ1v) is 42.5. The predicted molar refractivity (Wildman–Crippen MR) is 485 cm³/mol. The molecule has 113 heavy (non-hydrogen) atoms. The maximum atomic E-state index is 6.51. The van der Waals surface area contributed by atoms with Crippen LogP contribution in [-0.4, -0.2) is 9.97 Å². The summed E-state index contributed by atoms with van der Waals surface area (Å²) in [6.45, 7) is 28.4. The molecule has 4 aliphatic carbocycles. The van der Waals surface area contributed by atoms with Crippen LogP contribution < -0.4 is 0 Å². The van der Waals surface area contributed by atoms with E-state index in [2.05, 4.69) is 362 Å². The first-order valence-electron chi connectivity index (χ1n) is 40.1. The van der Waals surface area contributed by atoms with E-state index in [0.717, 1.165) is 64.5 Å². The zero-order valence-electron chi connectivity index (χ0n) is 65.7. The molecule has 0 atom stereocenters. The first kappa shape index (κ1) is 67.3. The van der Waals surface area contributed by atoms with Crippen molar-refractivity contribution in [3.63, 3.8) is 0 Å². The van der Waals surface area contributed by atoms with Gasteiger partial charge in [0.1, 0.15) is 11.0 Å². The van der Waals surface area contributed by atoms with Gasteiger partial charge in [-0.15, -0.1) is 34.0 Å². The van der Waals surface area contributed by atoms with Crippen LogP contribution in [0, 0.1) is 0 Å². The van der Waals surface area contributed by atoms with Gasteiger partial charge in [-0.1, -0.05) is 326 Å². The fourth-order valence-electron chi connectivity index (χ4n) is 20.7. The SMILES string of the molecule is CC(C)(C)c1ccc2c(c1)C1(c3cc(C(C)(C)C)ccc3-2)c2ccccc2-c2c(-c3sc(-c4cccc5c4-c4ccccc4C54c5cc(C(C)(C)C)ccc5-c5ccc(C(C)(C)C)cc54)c4nc5c6cc(-c7cccc8sc9ccccc9c78)ccc6c6ccc(-c7cccc8sc9ccccc9c78)cc6c5nc34)cccc21. The zero-order chi connectivity index (χ0) is 76.5. The Morgan fingerprint density at radius 3 is 0.920 bits per heavy atom. The molecule has 4 aliphatic rings. The minimum atomic E-state index is -0.630. The molecule has 0 radical (unpaired) electrons. The van der Waals surface area contributed by atoms with Crippen LogP contribution >= 0.6 is 34.0 Å². The third-order valence-corrected chi connectivity index (χ3v) is 29.7. The standard InChI is InChI=1S/C108H82N2S3/c1-103(2,3)61-43-49-69-70-50-44-62(104(4,5)6)56-86(70)107(85(69)55-61)81-33-17-13-25-73(81)93-77(31-21-35-83(93)107)101-99-100(102(113-101)78-32-22-36-84-94(78)74-26-14-18-34-82(74)108(84)87-57-63(105(7,8)9)45-51-71(87)72-52-46-64(58-88(72)108)106(10,11)12)110-98-80-54-60(66-30-24-40-92-96(66)76-28-16-20-38-90(76)112-92)42-48-68(80)67-47-41-59(53-79(67)97(98)109-99)65-29-23-39-91-95(65)75-27-15-19-37-89(75)111-91/h13-58H,1-12H3. The lowest BCUT2D eigenvalue weighted by Gasteiger charge is -2.33. The molecule has 2 nitrogen and oxygen atoms in total. The first-order chi connectivity index (χ1) is 54.5. The van der Waals surface area contributed by atoms with Crippen LogP contribution in [0.25, 0.3) is 172 Å². The largest absolute Gasteiger partial charge is 0.242 e. The number of aromatic nitrogens is 2.